The van der Waals surface area contributed by atoms with Crippen LogP contribution in [0.25, 0.3) is 0 Å². The van der Waals surface area contributed by atoms with Crippen molar-refractivity contribution in [2.75, 3.05) is 6.54 Å². The van der Waals surface area contributed by atoms with Crippen LogP contribution in [0.5, 0.6) is 0 Å². The number of β-amino-alcohol motifs (C(OH)–C–C–N with tert-alkyl or cyclic N) is 1. The maximum atomic E-state index is 11.6. The lowest BCUT2D eigenvalue weighted by Crippen LogP contribution is -2.36. The standard InChI is InChI=1S/C9H15NO4/c1-9(2,3)6-5(11)4-10(7(6)12)8(13)14/h5-6,11H,4H2,1-3H3,(H,13,14). The number of aliphatic hydroxyl groups is 1. The molecular formula is C9H15NO4. The summed E-state index contributed by atoms with van der Waals surface area (Å²) in [6.07, 6.45) is -2.18. The molecule has 5 heteroatoms. The first kappa shape index (κ1) is 11.0. The Morgan fingerprint density at radius 2 is 2.00 bits per heavy atom. The average Bonchev–Trinajstić information content (AvgIpc) is 2.24. The van der Waals surface area contributed by atoms with Crippen molar-refractivity contribution in [3.63, 3.8) is 0 Å². The number of carbonyl (C=O) groups excluding carboxylic acids is 1. The third-order valence-corrected chi connectivity index (χ3v) is 2.45. The Hall–Kier alpha value is -1.10. The molecule has 0 saturated carbocycles. The van der Waals surface area contributed by atoms with Crippen LogP contribution in [0.1, 0.15) is 20.8 Å². The van der Waals surface area contributed by atoms with Crippen molar-refractivity contribution in [2.45, 2.75) is 26.9 Å². The molecule has 1 fully saturated rings. The van der Waals surface area contributed by atoms with Crippen LogP contribution in [0.4, 0.5) is 4.79 Å². The summed E-state index contributed by atoms with van der Waals surface area (Å²) in [6, 6.07) is 0. The molecule has 2 amide bonds. The van der Waals surface area contributed by atoms with E-state index in [1.54, 1.807) is 0 Å². The van der Waals surface area contributed by atoms with Gasteiger partial charge in [-0.3, -0.25) is 4.79 Å². The highest BCUT2D eigenvalue weighted by Crippen LogP contribution is 2.34. The van der Waals surface area contributed by atoms with E-state index >= 15 is 0 Å². The molecule has 1 saturated heterocycles. The normalized spacial score (nSPS) is 28.3. The predicted octanol–water partition coefficient (Wildman–Crippen LogP) is 0.530. The Kier molecular flexibility index (Phi) is 2.54. The summed E-state index contributed by atoms with van der Waals surface area (Å²) in [5, 5.41) is 18.3. The molecule has 5 nitrogen and oxygen atoms in total. The maximum absolute atomic E-state index is 11.6. The van der Waals surface area contributed by atoms with Crippen LogP contribution < -0.4 is 0 Å². The first-order valence-corrected chi connectivity index (χ1v) is 4.47. The summed E-state index contributed by atoms with van der Waals surface area (Å²) in [5.74, 6) is -1.13. The number of nitrogens with zero attached hydrogens (tertiary/aromatic N) is 1. The second kappa shape index (κ2) is 3.24. The van der Waals surface area contributed by atoms with E-state index in [-0.39, 0.29) is 6.54 Å². The predicted molar refractivity (Wildman–Crippen MR) is 48.7 cm³/mol. The zero-order chi connectivity index (χ0) is 11.1. The minimum absolute atomic E-state index is 0.115. The first-order valence-electron chi connectivity index (χ1n) is 4.47. The number of imide groups is 1. The molecule has 14 heavy (non-hydrogen) atoms. The third kappa shape index (κ3) is 1.72. The lowest BCUT2D eigenvalue weighted by molar-refractivity contribution is -0.133. The zero-order valence-electron chi connectivity index (χ0n) is 8.52. The van der Waals surface area contributed by atoms with Gasteiger partial charge in [0.15, 0.2) is 0 Å². The zero-order valence-corrected chi connectivity index (χ0v) is 8.52. The molecule has 1 rings (SSSR count). The van der Waals surface area contributed by atoms with Crippen molar-refractivity contribution in [2.24, 2.45) is 11.3 Å². The molecule has 80 valence electrons. The van der Waals surface area contributed by atoms with E-state index in [1.807, 2.05) is 20.8 Å². The summed E-state index contributed by atoms with van der Waals surface area (Å²) >= 11 is 0. The van der Waals surface area contributed by atoms with Gasteiger partial charge >= 0.3 is 6.09 Å². The Balaban J connectivity index is 2.92. The van der Waals surface area contributed by atoms with Crippen molar-refractivity contribution in [3.8, 4) is 0 Å². The Bertz CT molecular complexity index is 268. The van der Waals surface area contributed by atoms with Crippen LogP contribution in [0.15, 0.2) is 0 Å². The minimum atomic E-state index is -1.29. The van der Waals surface area contributed by atoms with Gasteiger partial charge in [-0.05, 0) is 5.41 Å². The van der Waals surface area contributed by atoms with Crippen molar-refractivity contribution in [1.82, 2.24) is 4.90 Å². The summed E-state index contributed by atoms with van der Waals surface area (Å²) in [4.78, 5) is 22.9. The fourth-order valence-electron chi connectivity index (χ4n) is 1.83. The topological polar surface area (TPSA) is 77.8 Å². The Morgan fingerprint density at radius 1 is 1.50 bits per heavy atom. The molecule has 0 aromatic heterocycles. The smallest absolute Gasteiger partial charge is 0.414 e. The molecule has 0 aromatic rings. The van der Waals surface area contributed by atoms with E-state index in [9.17, 15) is 14.7 Å². The van der Waals surface area contributed by atoms with Crippen molar-refractivity contribution >= 4 is 12.0 Å². The van der Waals surface area contributed by atoms with Gasteiger partial charge in [-0.2, -0.15) is 0 Å². The van der Waals surface area contributed by atoms with Gasteiger partial charge in [0.25, 0.3) is 0 Å². The molecule has 2 N–H and O–H groups in total. The number of rotatable bonds is 0. The molecule has 2 unspecified atom stereocenters. The molecule has 0 spiro atoms. The van der Waals surface area contributed by atoms with Crippen LogP contribution in [-0.4, -0.2) is 39.8 Å². The van der Waals surface area contributed by atoms with Crippen LogP contribution in [0.3, 0.4) is 0 Å². The number of aliphatic hydroxyl groups excluding tert-OH is 1. The second-order valence-corrected chi connectivity index (χ2v) is 4.64. The lowest BCUT2D eigenvalue weighted by Gasteiger charge is -2.26. The summed E-state index contributed by atoms with van der Waals surface area (Å²) in [7, 11) is 0. The monoisotopic (exact) mass is 201 g/mol. The van der Waals surface area contributed by atoms with Gasteiger partial charge in [0.1, 0.15) is 0 Å². The molecule has 1 heterocycles. The third-order valence-electron chi connectivity index (χ3n) is 2.45. The highest BCUT2D eigenvalue weighted by Gasteiger charge is 2.48. The molecule has 1 aliphatic rings. The Labute approximate surface area is 82.3 Å². The lowest BCUT2D eigenvalue weighted by atomic mass is 9.78. The average molecular weight is 201 g/mol. The summed E-state index contributed by atoms with van der Waals surface area (Å²) in [5.41, 5.74) is -0.416. The molecule has 0 bridgehead atoms. The molecular weight excluding hydrogens is 186 g/mol. The van der Waals surface area contributed by atoms with Gasteiger partial charge in [0.2, 0.25) is 5.91 Å². The summed E-state index contributed by atoms with van der Waals surface area (Å²) < 4.78 is 0. The van der Waals surface area contributed by atoms with Crippen molar-refractivity contribution < 1.29 is 19.8 Å². The summed E-state index contributed by atoms with van der Waals surface area (Å²) in [6.45, 7) is 5.31. The molecule has 0 radical (unpaired) electrons. The first-order chi connectivity index (χ1) is 6.25. The van der Waals surface area contributed by atoms with E-state index in [4.69, 9.17) is 5.11 Å². The van der Waals surface area contributed by atoms with Crippen LogP contribution in [0, 0.1) is 11.3 Å². The largest absolute Gasteiger partial charge is 0.465 e. The van der Waals surface area contributed by atoms with Crippen LogP contribution >= 0.6 is 0 Å². The highest BCUT2D eigenvalue weighted by molar-refractivity contribution is 5.95. The SMILES string of the molecule is CC(C)(C)C1C(=O)N(C(=O)O)CC1O. The van der Waals surface area contributed by atoms with Crippen molar-refractivity contribution in [3.05, 3.63) is 0 Å². The van der Waals surface area contributed by atoms with E-state index in [0.29, 0.717) is 4.90 Å². The van der Waals surface area contributed by atoms with Crippen molar-refractivity contribution in [1.29, 1.82) is 0 Å². The molecule has 0 aromatic carbocycles. The van der Waals surface area contributed by atoms with E-state index < -0.39 is 29.4 Å². The number of carbonyl (C=O) groups is 2. The number of hydrogen-bond acceptors (Lipinski definition) is 3. The quantitative estimate of drug-likeness (QED) is 0.599. The molecule has 2 atom stereocenters. The van der Waals surface area contributed by atoms with Gasteiger partial charge < -0.3 is 10.2 Å². The van der Waals surface area contributed by atoms with Gasteiger partial charge in [-0.15, -0.1) is 0 Å². The molecule has 0 aliphatic carbocycles. The number of carboxylic acid groups (broad SMARTS) is 1. The minimum Gasteiger partial charge on any atom is -0.465 e. The number of amides is 2. The second-order valence-electron chi connectivity index (χ2n) is 4.64. The number of hydrogen-bond donors (Lipinski definition) is 2. The van der Waals surface area contributed by atoms with E-state index in [0.717, 1.165) is 0 Å². The fourth-order valence-corrected chi connectivity index (χ4v) is 1.83. The molecule has 1 aliphatic heterocycles. The van der Waals surface area contributed by atoms with Crippen LogP contribution in [0.2, 0.25) is 0 Å². The van der Waals surface area contributed by atoms with Gasteiger partial charge in [0.05, 0.1) is 18.6 Å². The highest BCUT2D eigenvalue weighted by atomic mass is 16.4. The van der Waals surface area contributed by atoms with E-state index in [1.165, 1.54) is 0 Å². The van der Waals surface area contributed by atoms with Gasteiger partial charge in [-0.25, -0.2) is 9.69 Å². The van der Waals surface area contributed by atoms with Crippen LogP contribution in [-0.2, 0) is 4.79 Å². The maximum Gasteiger partial charge on any atom is 0.414 e. The fraction of sp³-hybridized carbons (Fsp3) is 0.778. The number of likely N-dealkylation sites (tertiary alicyclic amines) is 1. The van der Waals surface area contributed by atoms with Gasteiger partial charge in [-0.1, -0.05) is 20.8 Å². The Morgan fingerprint density at radius 3 is 2.21 bits per heavy atom. The van der Waals surface area contributed by atoms with E-state index in [2.05, 4.69) is 0 Å². The van der Waals surface area contributed by atoms with Gasteiger partial charge in [0, 0.05) is 0 Å².